The molecule has 0 amide bonds. The van der Waals surface area contributed by atoms with Crippen LogP contribution in [0.15, 0.2) is 0 Å². The molecule has 110 valence electrons. The molecule has 1 saturated carbocycles. The molecule has 5 heteroatoms. The Bertz CT molecular complexity index is 318. The maximum absolute atomic E-state index is 11.7. The van der Waals surface area contributed by atoms with Crippen molar-refractivity contribution in [1.29, 1.82) is 0 Å². The number of hydrogen-bond donors (Lipinski definition) is 1. The highest BCUT2D eigenvalue weighted by Crippen LogP contribution is 2.32. The summed E-state index contributed by atoms with van der Waals surface area (Å²) in [4.78, 5) is 14.2. The van der Waals surface area contributed by atoms with E-state index >= 15 is 0 Å². The second-order valence-corrected chi connectivity index (χ2v) is 5.77. The lowest BCUT2D eigenvalue weighted by Crippen LogP contribution is -2.48. The first-order chi connectivity index (χ1) is 9.09. The molecule has 19 heavy (non-hydrogen) atoms. The number of carbonyl (C=O) groups is 1. The van der Waals surface area contributed by atoms with Crippen LogP contribution in [0.3, 0.4) is 0 Å². The number of methoxy groups -OCH3 is 1. The number of likely N-dealkylation sites (N-methyl/N-ethyl adjacent to an activating group) is 1. The van der Waals surface area contributed by atoms with Crippen LogP contribution in [0.1, 0.15) is 39.0 Å². The standard InChI is InChI=1S/C14H26N2O3/c1-3-16(10-12-5-4-8-19-12)11-6-7-14(15,9-11)13(17)18-2/h11-12H,3-10,15H2,1-2H3. The van der Waals surface area contributed by atoms with Crippen molar-refractivity contribution in [3.63, 3.8) is 0 Å². The van der Waals surface area contributed by atoms with E-state index in [0.29, 0.717) is 25.0 Å². The topological polar surface area (TPSA) is 64.8 Å². The predicted molar refractivity (Wildman–Crippen MR) is 72.8 cm³/mol. The van der Waals surface area contributed by atoms with Crippen LogP contribution >= 0.6 is 0 Å². The van der Waals surface area contributed by atoms with Crippen molar-refractivity contribution in [2.75, 3.05) is 26.8 Å². The Morgan fingerprint density at radius 1 is 1.53 bits per heavy atom. The van der Waals surface area contributed by atoms with Gasteiger partial charge in [0.2, 0.25) is 0 Å². The Hall–Kier alpha value is -0.650. The summed E-state index contributed by atoms with van der Waals surface area (Å²) in [5.41, 5.74) is 5.38. The maximum Gasteiger partial charge on any atom is 0.325 e. The van der Waals surface area contributed by atoms with Gasteiger partial charge in [-0.15, -0.1) is 0 Å². The second kappa shape index (κ2) is 6.20. The van der Waals surface area contributed by atoms with E-state index in [9.17, 15) is 4.79 Å². The zero-order valence-corrected chi connectivity index (χ0v) is 12.1. The molecular formula is C14H26N2O3. The predicted octanol–water partition coefficient (Wildman–Crippen LogP) is 0.910. The maximum atomic E-state index is 11.7. The van der Waals surface area contributed by atoms with Gasteiger partial charge in [-0.3, -0.25) is 9.69 Å². The summed E-state index contributed by atoms with van der Waals surface area (Å²) in [6.07, 6.45) is 5.04. The molecule has 2 aliphatic rings. The van der Waals surface area contributed by atoms with E-state index in [4.69, 9.17) is 15.2 Å². The van der Waals surface area contributed by atoms with E-state index in [1.54, 1.807) is 0 Å². The number of esters is 1. The summed E-state index contributed by atoms with van der Waals surface area (Å²) in [6.45, 7) is 4.97. The van der Waals surface area contributed by atoms with Crippen LogP contribution in [0.25, 0.3) is 0 Å². The lowest BCUT2D eigenvalue weighted by molar-refractivity contribution is -0.147. The molecule has 1 heterocycles. The highest BCUT2D eigenvalue weighted by Gasteiger charge is 2.44. The fourth-order valence-electron chi connectivity index (χ4n) is 3.34. The lowest BCUT2D eigenvalue weighted by Gasteiger charge is -2.30. The van der Waals surface area contributed by atoms with E-state index in [2.05, 4.69) is 11.8 Å². The van der Waals surface area contributed by atoms with Gasteiger partial charge in [0, 0.05) is 19.2 Å². The van der Waals surface area contributed by atoms with Gasteiger partial charge >= 0.3 is 5.97 Å². The summed E-state index contributed by atoms with van der Waals surface area (Å²) in [5.74, 6) is -0.275. The van der Waals surface area contributed by atoms with E-state index < -0.39 is 5.54 Å². The first-order valence-electron chi connectivity index (χ1n) is 7.32. The minimum Gasteiger partial charge on any atom is -0.468 e. The zero-order chi connectivity index (χ0) is 13.9. The largest absolute Gasteiger partial charge is 0.468 e. The Labute approximate surface area is 115 Å². The van der Waals surface area contributed by atoms with Crippen LogP contribution in [-0.4, -0.2) is 55.4 Å². The van der Waals surface area contributed by atoms with Crippen molar-refractivity contribution in [2.24, 2.45) is 5.73 Å². The first kappa shape index (κ1) is 14.8. The Balaban J connectivity index is 1.91. The average Bonchev–Trinajstić information content (AvgIpc) is 3.05. The van der Waals surface area contributed by atoms with Gasteiger partial charge in [0.15, 0.2) is 0 Å². The molecule has 2 fully saturated rings. The summed E-state index contributed by atoms with van der Waals surface area (Å²) in [7, 11) is 1.41. The minimum absolute atomic E-state index is 0.275. The second-order valence-electron chi connectivity index (χ2n) is 5.77. The quantitative estimate of drug-likeness (QED) is 0.752. The third-order valence-electron chi connectivity index (χ3n) is 4.50. The van der Waals surface area contributed by atoms with Gasteiger partial charge < -0.3 is 15.2 Å². The van der Waals surface area contributed by atoms with Crippen molar-refractivity contribution in [2.45, 2.75) is 56.7 Å². The van der Waals surface area contributed by atoms with Gasteiger partial charge in [-0.25, -0.2) is 0 Å². The van der Waals surface area contributed by atoms with Crippen molar-refractivity contribution in [1.82, 2.24) is 4.90 Å². The normalized spacial score (nSPS) is 34.9. The number of rotatable bonds is 5. The third-order valence-corrected chi connectivity index (χ3v) is 4.50. The van der Waals surface area contributed by atoms with Crippen LogP contribution in [-0.2, 0) is 14.3 Å². The molecule has 0 aromatic carbocycles. The fourth-order valence-corrected chi connectivity index (χ4v) is 3.34. The van der Waals surface area contributed by atoms with Crippen LogP contribution in [0.5, 0.6) is 0 Å². The number of nitrogens with two attached hydrogens (primary N) is 1. The monoisotopic (exact) mass is 270 g/mol. The van der Waals surface area contributed by atoms with Crippen LogP contribution < -0.4 is 5.73 Å². The zero-order valence-electron chi connectivity index (χ0n) is 12.1. The minimum atomic E-state index is -0.788. The average molecular weight is 270 g/mol. The van der Waals surface area contributed by atoms with E-state index in [1.165, 1.54) is 7.11 Å². The van der Waals surface area contributed by atoms with Crippen LogP contribution in [0, 0.1) is 0 Å². The van der Waals surface area contributed by atoms with E-state index in [1.807, 2.05) is 0 Å². The molecule has 3 unspecified atom stereocenters. The molecule has 1 aliphatic heterocycles. The summed E-state index contributed by atoms with van der Waals surface area (Å²) in [6, 6.07) is 0.373. The lowest BCUT2D eigenvalue weighted by atomic mass is 9.99. The van der Waals surface area contributed by atoms with Crippen molar-refractivity contribution >= 4 is 5.97 Å². The number of ether oxygens (including phenoxy) is 2. The van der Waals surface area contributed by atoms with Crippen LogP contribution in [0.4, 0.5) is 0 Å². The van der Waals surface area contributed by atoms with Crippen LogP contribution in [0.2, 0.25) is 0 Å². The molecule has 0 spiro atoms. The van der Waals surface area contributed by atoms with Gasteiger partial charge in [0.25, 0.3) is 0 Å². The summed E-state index contributed by atoms with van der Waals surface area (Å²) < 4.78 is 10.5. The van der Waals surface area contributed by atoms with Gasteiger partial charge in [-0.05, 0) is 38.6 Å². The summed E-state index contributed by atoms with van der Waals surface area (Å²) in [5, 5.41) is 0. The highest BCUT2D eigenvalue weighted by atomic mass is 16.5. The molecule has 5 nitrogen and oxygen atoms in total. The highest BCUT2D eigenvalue weighted by molar-refractivity contribution is 5.81. The number of carbonyl (C=O) groups excluding carboxylic acids is 1. The van der Waals surface area contributed by atoms with Crippen molar-refractivity contribution in [3.05, 3.63) is 0 Å². The van der Waals surface area contributed by atoms with Crippen molar-refractivity contribution in [3.8, 4) is 0 Å². The molecule has 3 atom stereocenters. The van der Waals surface area contributed by atoms with E-state index in [0.717, 1.165) is 39.0 Å². The smallest absolute Gasteiger partial charge is 0.325 e. The van der Waals surface area contributed by atoms with Gasteiger partial charge in [-0.1, -0.05) is 6.92 Å². The molecule has 2 rings (SSSR count). The summed E-state index contributed by atoms with van der Waals surface area (Å²) >= 11 is 0. The Morgan fingerprint density at radius 3 is 2.89 bits per heavy atom. The molecule has 2 N–H and O–H groups in total. The van der Waals surface area contributed by atoms with Crippen molar-refractivity contribution < 1.29 is 14.3 Å². The van der Waals surface area contributed by atoms with Gasteiger partial charge in [0.05, 0.1) is 13.2 Å². The Morgan fingerprint density at radius 2 is 2.32 bits per heavy atom. The van der Waals surface area contributed by atoms with E-state index in [-0.39, 0.29) is 5.97 Å². The molecular weight excluding hydrogens is 244 g/mol. The molecule has 0 bridgehead atoms. The van der Waals surface area contributed by atoms with Gasteiger partial charge in [-0.2, -0.15) is 0 Å². The fraction of sp³-hybridized carbons (Fsp3) is 0.929. The molecule has 1 aliphatic carbocycles. The molecule has 0 aromatic rings. The molecule has 0 aromatic heterocycles. The molecule has 0 radical (unpaired) electrons. The number of nitrogens with zero attached hydrogens (tertiary/aromatic N) is 1. The Kier molecular flexibility index (Phi) is 4.81. The molecule has 1 saturated heterocycles. The third kappa shape index (κ3) is 3.27. The first-order valence-corrected chi connectivity index (χ1v) is 7.32. The SMILES string of the molecule is CCN(CC1CCCO1)C1CCC(N)(C(=O)OC)C1. The van der Waals surface area contributed by atoms with Gasteiger partial charge in [0.1, 0.15) is 5.54 Å². The number of hydrogen-bond acceptors (Lipinski definition) is 5.